The van der Waals surface area contributed by atoms with Gasteiger partial charge in [-0.15, -0.1) is 0 Å². The number of pyridine rings is 1. The van der Waals surface area contributed by atoms with Crippen LogP contribution < -0.4 is 5.56 Å². The molecule has 0 atom stereocenters. The molecule has 1 aliphatic rings. The molecule has 0 saturated heterocycles. The van der Waals surface area contributed by atoms with Gasteiger partial charge in [0.05, 0.1) is 34.5 Å². The molecule has 2 N–H and O–H groups in total. The maximum absolute atomic E-state index is 14.2. The zero-order valence-electron chi connectivity index (χ0n) is 21.1. The van der Waals surface area contributed by atoms with Crippen molar-refractivity contribution in [2.24, 2.45) is 0 Å². The lowest BCUT2D eigenvalue weighted by Crippen LogP contribution is -2.07. The van der Waals surface area contributed by atoms with Crippen molar-refractivity contribution in [1.29, 1.82) is 0 Å². The lowest BCUT2D eigenvalue weighted by molar-refractivity contribution is 0.474. The van der Waals surface area contributed by atoms with E-state index in [1.54, 1.807) is 12.3 Å². The van der Waals surface area contributed by atoms with Gasteiger partial charge in [-0.05, 0) is 79.9 Å². The van der Waals surface area contributed by atoms with Crippen LogP contribution in [0.2, 0.25) is 0 Å². The molecule has 39 heavy (non-hydrogen) atoms. The van der Waals surface area contributed by atoms with E-state index in [1.165, 1.54) is 24.3 Å². The van der Waals surface area contributed by atoms with E-state index in [-0.39, 0.29) is 16.9 Å². The van der Waals surface area contributed by atoms with Crippen molar-refractivity contribution in [2.45, 2.75) is 32.2 Å². The molecule has 1 saturated carbocycles. The summed E-state index contributed by atoms with van der Waals surface area (Å²) >= 11 is 0. The number of aromatic amines is 1. The summed E-state index contributed by atoms with van der Waals surface area (Å²) in [7, 11) is 0. The topological polar surface area (TPSA) is 102 Å². The Bertz CT molecular complexity index is 1900. The van der Waals surface area contributed by atoms with E-state index in [9.17, 15) is 14.3 Å². The number of H-pyrrole nitrogens is 1. The van der Waals surface area contributed by atoms with E-state index >= 15 is 0 Å². The third kappa shape index (κ3) is 4.21. The van der Waals surface area contributed by atoms with Crippen LogP contribution in [0.1, 0.15) is 35.8 Å². The van der Waals surface area contributed by atoms with Crippen LogP contribution in [-0.2, 0) is 6.54 Å². The standard InChI is InChI=1S/C30H24FN5O3/c1-17-2-10-28(39-17)26-14-23(19-4-5-19)34-36(26)21-7-8-25-24(13-21)33-30(22-12-20(31)6-9-27(22)37)35(25)16-18-3-11-29(38)32-15-18/h2-3,6-15,19,37H,4-5,16H2,1H3,(H,32,38). The van der Waals surface area contributed by atoms with Crippen molar-refractivity contribution in [3.8, 4) is 34.3 Å². The molecule has 7 rings (SSSR count). The number of nitrogens with zero attached hydrogens (tertiary/aromatic N) is 4. The quantitative estimate of drug-likeness (QED) is 0.283. The molecule has 194 valence electrons. The third-order valence-corrected chi connectivity index (χ3v) is 7.08. The van der Waals surface area contributed by atoms with Crippen molar-refractivity contribution in [3.63, 3.8) is 0 Å². The molecule has 4 aromatic heterocycles. The summed E-state index contributed by atoms with van der Waals surface area (Å²) < 4.78 is 24.0. The second-order valence-electron chi connectivity index (χ2n) is 9.97. The molecule has 0 amide bonds. The van der Waals surface area contributed by atoms with Crippen molar-refractivity contribution in [2.75, 3.05) is 0 Å². The minimum absolute atomic E-state index is 0.0775. The minimum atomic E-state index is -0.478. The Morgan fingerprint density at radius 3 is 2.69 bits per heavy atom. The maximum Gasteiger partial charge on any atom is 0.247 e. The number of hydrogen-bond acceptors (Lipinski definition) is 5. The van der Waals surface area contributed by atoms with Crippen molar-refractivity contribution in [1.82, 2.24) is 24.3 Å². The minimum Gasteiger partial charge on any atom is -0.507 e. The van der Waals surface area contributed by atoms with Crippen molar-refractivity contribution in [3.05, 3.63) is 106 Å². The van der Waals surface area contributed by atoms with Gasteiger partial charge in [-0.25, -0.2) is 14.1 Å². The molecule has 0 radical (unpaired) electrons. The number of benzene rings is 2. The van der Waals surface area contributed by atoms with Gasteiger partial charge < -0.3 is 19.1 Å². The Morgan fingerprint density at radius 2 is 1.95 bits per heavy atom. The summed E-state index contributed by atoms with van der Waals surface area (Å²) in [5.41, 5.74) is 5.05. The van der Waals surface area contributed by atoms with Gasteiger partial charge in [-0.1, -0.05) is 6.07 Å². The lowest BCUT2D eigenvalue weighted by Gasteiger charge is -2.11. The summed E-state index contributed by atoms with van der Waals surface area (Å²) in [6, 6.07) is 18.8. The predicted molar refractivity (Wildman–Crippen MR) is 144 cm³/mol. The molecule has 4 heterocycles. The molecule has 6 aromatic rings. The summed E-state index contributed by atoms with van der Waals surface area (Å²) in [6.45, 7) is 2.26. The molecule has 0 aliphatic heterocycles. The molecule has 1 aliphatic carbocycles. The highest BCUT2D eigenvalue weighted by Crippen LogP contribution is 2.41. The highest BCUT2D eigenvalue weighted by Gasteiger charge is 2.28. The Hall–Kier alpha value is -4.92. The molecule has 1 fully saturated rings. The van der Waals surface area contributed by atoms with Gasteiger partial charge in [0, 0.05) is 18.2 Å². The number of phenols is 1. The zero-order chi connectivity index (χ0) is 26.7. The Labute approximate surface area is 222 Å². The fourth-order valence-corrected chi connectivity index (χ4v) is 4.95. The van der Waals surface area contributed by atoms with Crippen LogP contribution in [-0.4, -0.2) is 29.4 Å². The fourth-order valence-electron chi connectivity index (χ4n) is 4.95. The number of phenolic OH excluding ortho intramolecular Hbond substituents is 1. The van der Waals surface area contributed by atoms with Gasteiger partial charge in [0.2, 0.25) is 5.56 Å². The van der Waals surface area contributed by atoms with Gasteiger partial charge in [0.25, 0.3) is 0 Å². The van der Waals surface area contributed by atoms with Gasteiger partial charge in [0.15, 0.2) is 5.76 Å². The molecule has 8 nitrogen and oxygen atoms in total. The zero-order valence-corrected chi connectivity index (χ0v) is 21.1. The predicted octanol–water partition coefficient (Wildman–Crippen LogP) is 5.92. The smallest absolute Gasteiger partial charge is 0.247 e. The second-order valence-corrected chi connectivity index (χ2v) is 9.97. The SMILES string of the molecule is Cc1ccc(-c2cc(C3CC3)nn2-c2ccc3c(c2)nc(-c2cc(F)ccc2O)n3Cc2ccc(=O)[nH]c2)o1. The Kier molecular flexibility index (Phi) is 5.26. The number of fused-ring (bicyclic) bond motifs is 1. The van der Waals surface area contributed by atoms with Gasteiger partial charge in [0.1, 0.15) is 28.8 Å². The Morgan fingerprint density at radius 1 is 1.08 bits per heavy atom. The summed E-state index contributed by atoms with van der Waals surface area (Å²) in [6.07, 6.45) is 3.89. The first-order chi connectivity index (χ1) is 18.9. The first-order valence-corrected chi connectivity index (χ1v) is 12.8. The largest absolute Gasteiger partial charge is 0.507 e. The first-order valence-electron chi connectivity index (χ1n) is 12.8. The fraction of sp³-hybridized carbons (Fsp3) is 0.167. The summed E-state index contributed by atoms with van der Waals surface area (Å²) in [5, 5.41) is 15.5. The normalized spacial score (nSPS) is 13.4. The average molecular weight is 522 g/mol. The number of imidazole rings is 1. The van der Waals surface area contributed by atoms with E-state index in [0.29, 0.717) is 23.8 Å². The highest BCUT2D eigenvalue weighted by molar-refractivity contribution is 5.84. The number of aryl methyl sites for hydroxylation is 1. The van der Waals surface area contributed by atoms with Crippen LogP contribution in [0.4, 0.5) is 4.39 Å². The number of nitrogens with one attached hydrogen (secondary N) is 1. The van der Waals surface area contributed by atoms with Crippen molar-refractivity contribution >= 4 is 11.0 Å². The van der Waals surface area contributed by atoms with E-state index < -0.39 is 5.82 Å². The summed E-state index contributed by atoms with van der Waals surface area (Å²) in [4.78, 5) is 19.1. The van der Waals surface area contributed by atoms with E-state index in [2.05, 4.69) is 11.1 Å². The van der Waals surface area contributed by atoms with E-state index in [4.69, 9.17) is 14.5 Å². The second kappa shape index (κ2) is 8.83. The van der Waals surface area contributed by atoms with Crippen LogP contribution in [0.3, 0.4) is 0 Å². The molecular formula is C30H24FN5O3. The number of aromatic nitrogens is 5. The Balaban J connectivity index is 1.40. The number of furan rings is 1. The van der Waals surface area contributed by atoms with Gasteiger partial charge >= 0.3 is 0 Å². The number of hydrogen-bond donors (Lipinski definition) is 2. The molecular weight excluding hydrogens is 497 g/mol. The average Bonchev–Trinajstić information content (AvgIpc) is 3.38. The van der Waals surface area contributed by atoms with Crippen LogP contribution in [0.15, 0.2) is 82.1 Å². The molecule has 0 unspecified atom stereocenters. The molecule has 9 heteroatoms. The van der Waals surface area contributed by atoms with Crippen molar-refractivity contribution < 1.29 is 13.9 Å². The van der Waals surface area contributed by atoms with Crippen LogP contribution in [0, 0.1) is 12.7 Å². The van der Waals surface area contributed by atoms with Crippen LogP contribution >= 0.6 is 0 Å². The monoisotopic (exact) mass is 521 g/mol. The van der Waals surface area contributed by atoms with Crippen LogP contribution in [0.25, 0.3) is 39.6 Å². The maximum atomic E-state index is 14.2. The number of halogens is 1. The van der Waals surface area contributed by atoms with E-state index in [1.807, 2.05) is 46.5 Å². The molecule has 0 bridgehead atoms. The van der Waals surface area contributed by atoms with E-state index in [0.717, 1.165) is 52.5 Å². The highest BCUT2D eigenvalue weighted by atomic mass is 19.1. The molecule has 2 aromatic carbocycles. The third-order valence-electron chi connectivity index (χ3n) is 7.08. The number of aromatic hydroxyl groups is 1. The van der Waals surface area contributed by atoms with Crippen LogP contribution in [0.5, 0.6) is 5.75 Å². The first kappa shape index (κ1) is 23.2. The lowest BCUT2D eigenvalue weighted by atomic mass is 10.1. The molecule has 0 spiro atoms. The summed E-state index contributed by atoms with van der Waals surface area (Å²) in [5.74, 6) is 1.87. The van der Waals surface area contributed by atoms with Gasteiger partial charge in [-0.2, -0.15) is 5.10 Å². The van der Waals surface area contributed by atoms with Gasteiger partial charge in [-0.3, -0.25) is 4.79 Å². The number of rotatable bonds is 6.